The molecular weight excluding hydrogens is 511 g/mol. The Morgan fingerprint density at radius 3 is 1.28 bits per heavy atom. The summed E-state index contributed by atoms with van der Waals surface area (Å²) in [5, 5.41) is 0. The van der Waals surface area contributed by atoms with Gasteiger partial charge >= 0.3 is 25.6 Å². The summed E-state index contributed by atoms with van der Waals surface area (Å²) in [6, 6.07) is 2.52. The van der Waals surface area contributed by atoms with Crippen molar-refractivity contribution in [3.8, 4) is 0 Å². The molecule has 0 aliphatic heterocycles. The van der Waals surface area contributed by atoms with E-state index in [1.807, 2.05) is 27.3 Å². The van der Waals surface area contributed by atoms with Gasteiger partial charge in [-0.15, -0.1) is 0 Å². The molecule has 12 heteroatoms. The van der Waals surface area contributed by atoms with Crippen LogP contribution in [0.15, 0.2) is 14.4 Å². The van der Waals surface area contributed by atoms with E-state index in [1.54, 1.807) is 0 Å². The molecule has 210 valence electrons. The van der Waals surface area contributed by atoms with Crippen molar-refractivity contribution in [1.29, 1.82) is 0 Å². The average Bonchev–Trinajstić information content (AvgIpc) is 2.75. The maximum atomic E-state index is 13.3. The molecular formula is C24H51N3O6Si3. The second-order valence-corrected chi connectivity index (χ2v) is 24.6. The normalized spacial score (nSPS) is 12.9. The summed E-state index contributed by atoms with van der Waals surface area (Å²) in [6.45, 7) is 21.7. The van der Waals surface area contributed by atoms with E-state index < -0.39 is 42.0 Å². The zero-order valence-corrected chi connectivity index (χ0v) is 27.3. The molecule has 0 aliphatic carbocycles. The topological polar surface area (TPSA) is 93.7 Å². The molecule has 0 amide bonds. The molecule has 9 nitrogen and oxygen atoms in total. The van der Waals surface area contributed by atoms with E-state index in [-0.39, 0.29) is 6.54 Å². The van der Waals surface area contributed by atoms with E-state index >= 15 is 0 Å². The molecule has 0 aromatic carbocycles. The van der Waals surface area contributed by atoms with Crippen molar-refractivity contribution < 1.29 is 13.3 Å². The largest absolute Gasteiger partial charge is 0.418 e. The molecule has 36 heavy (non-hydrogen) atoms. The third-order valence-corrected chi connectivity index (χ3v) is 13.8. The van der Waals surface area contributed by atoms with E-state index in [2.05, 4.69) is 32.7 Å². The summed E-state index contributed by atoms with van der Waals surface area (Å²) in [6.07, 6.45) is 2.00. The summed E-state index contributed by atoms with van der Waals surface area (Å²) in [7, 11) is -5.52. The molecule has 0 unspecified atom stereocenters. The molecule has 0 bridgehead atoms. The van der Waals surface area contributed by atoms with Crippen LogP contribution in [0.2, 0.25) is 57.4 Å². The zero-order chi connectivity index (χ0) is 27.6. The molecule has 0 radical (unpaired) electrons. The minimum Gasteiger partial charge on any atom is -0.418 e. The molecule has 0 fully saturated rings. The maximum absolute atomic E-state index is 13.3. The molecule has 1 rings (SSSR count). The van der Waals surface area contributed by atoms with Gasteiger partial charge in [0.2, 0.25) is 0 Å². The molecule has 0 saturated heterocycles. The highest BCUT2D eigenvalue weighted by Crippen LogP contribution is 2.16. The minimum atomic E-state index is -2.37. The van der Waals surface area contributed by atoms with Crippen LogP contribution in [-0.2, 0) is 32.9 Å². The minimum absolute atomic E-state index is 0.244. The van der Waals surface area contributed by atoms with Gasteiger partial charge in [-0.3, -0.25) is 0 Å². The SMILES string of the molecule is CCO[Si](C)(C)CCCn1c(=O)n(CCC[Si](C)(C)C)c(=O)n(CCC[Si](C)(OCC)OCC)c1=O. The molecule has 0 atom stereocenters. The van der Waals surface area contributed by atoms with Crippen LogP contribution in [-0.4, -0.2) is 58.5 Å². The fraction of sp³-hybridized carbons (Fsp3) is 0.875. The van der Waals surface area contributed by atoms with Crippen LogP contribution in [0.3, 0.4) is 0 Å². The van der Waals surface area contributed by atoms with Gasteiger partial charge in [0.05, 0.1) is 0 Å². The maximum Gasteiger partial charge on any atom is 0.336 e. The van der Waals surface area contributed by atoms with E-state index in [4.69, 9.17) is 13.3 Å². The number of rotatable bonds is 18. The number of nitrogens with zero attached hydrogens (tertiary/aromatic N) is 3. The van der Waals surface area contributed by atoms with Gasteiger partial charge in [-0.05, 0) is 71.8 Å². The van der Waals surface area contributed by atoms with Gasteiger partial charge in [-0.1, -0.05) is 25.7 Å². The van der Waals surface area contributed by atoms with Gasteiger partial charge in [-0.2, -0.15) is 0 Å². The van der Waals surface area contributed by atoms with Crippen molar-refractivity contribution in [2.24, 2.45) is 0 Å². The fourth-order valence-electron chi connectivity index (χ4n) is 4.50. The standard InChI is InChI=1S/C24H51N3O6Si3/c1-10-31-35(7,8)20-14-17-26-22(28)25(16-13-19-34(4,5)6)23(29)27(24(26)30)18-15-21-36(9,32-11-2)33-12-3/h10-21H2,1-9H3. The van der Waals surface area contributed by atoms with Crippen molar-refractivity contribution >= 4 is 25.0 Å². The molecule has 0 N–H and O–H groups in total. The van der Waals surface area contributed by atoms with Crippen LogP contribution >= 0.6 is 0 Å². The van der Waals surface area contributed by atoms with Crippen molar-refractivity contribution in [3.05, 3.63) is 31.5 Å². The Kier molecular flexibility index (Phi) is 13.5. The Morgan fingerprint density at radius 1 is 0.556 bits per heavy atom. The highest BCUT2D eigenvalue weighted by atomic mass is 28.4. The second kappa shape index (κ2) is 14.8. The first-order valence-electron chi connectivity index (χ1n) is 13.6. The molecule has 0 spiro atoms. The molecule has 1 aromatic rings. The van der Waals surface area contributed by atoms with E-state index in [0.29, 0.717) is 51.8 Å². The number of hydrogen-bond donors (Lipinski definition) is 0. The van der Waals surface area contributed by atoms with Crippen LogP contribution in [0.5, 0.6) is 0 Å². The molecule has 1 heterocycles. The predicted molar refractivity (Wildman–Crippen MR) is 155 cm³/mol. The van der Waals surface area contributed by atoms with Crippen LogP contribution < -0.4 is 17.1 Å². The fourth-order valence-corrected chi connectivity index (χ4v) is 10.1. The molecule has 1 aromatic heterocycles. The third-order valence-electron chi connectivity index (χ3n) is 6.30. The van der Waals surface area contributed by atoms with Crippen molar-refractivity contribution in [2.75, 3.05) is 19.8 Å². The number of hydrogen-bond acceptors (Lipinski definition) is 6. The second-order valence-electron chi connectivity index (χ2n) is 11.4. The van der Waals surface area contributed by atoms with Crippen molar-refractivity contribution in [3.63, 3.8) is 0 Å². The lowest BCUT2D eigenvalue weighted by Gasteiger charge is -2.26. The molecule has 0 saturated carbocycles. The van der Waals surface area contributed by atoms with E-state index in [9.17, 15) is 14.4 Å². The average molecular weight is 562 g/mol. The lowest BCUT2D eigenvalue weighted by Crippen LogP contribution is -2.55. The summed E-state index contributed by atoms with van der Waals surface area (Å²) in [4.78, 5) is 39.9. The Balaban J connectivity index is 3.25. The summed E-state index contributed by atoms with van der Waals surface area (Å²) in [5.74, 6) is 0. The highest BCUT2D eigenvalue weighted by Gasteiger charge is 2.30. The van der Waals surface area contributed by atoms with Gasteiger partial charge < -0.3 is 13.3 Å². The van der Waals surface area contributed by atoms with Gasteiger partial charge in [0.25, 0.3) is 0 Å². The monoisotopic (exact) mass is 561 g/mol. The zero-order valence-electron chi connectivity index (χ0n) is 24.3. The Bertz CT molecular complexity index is 975. The smallest absolute Gasteiger partial charge is 0.336 e. The highest BCUT2D eigenvalue weighted by molar-refractivity contribution is 6.76. The van der Waals surface area contributed by atoms with Gasteiger partial charge in [0.15, 0.2) is 8.32 Å². The summed E-state index contributed by atoms with van der Waals surface area (Å²) in [5.41, 5.74) is -1.51. The van der Waals surface area contributed by atoms with E-state index in [0.717, 1.165) is 18.5 Å². The van der Waals surface area contributed by atoms with Crippen LogP contribution in [0.4, 0.5) is 0 Å². The Hall–Kier alpha value is -1.06. The quantitative estimate of drug-likeness (QED) is 0.251. The first kappa shape index (κ1) is 33.0. The third kappa shape index (κ3) is 10.7. The lowest BCUT2D eigenvalue weighted by atomic mass is 10.4. The number of aromatic nitrogens is 3. The van der Waals surface area contributed by atoms with Crippen LogP contribution in [0, 0.1) is 0 Å². The van der Waals surface area contributed by atoms with Crippen LogP contribution in [0.25, 0.3) is 0 Å². The Labute approximate surface area is 220 Å². The van der Waals surface area contributed by atoms with Crippen molar-refractivity contribution in [1.82, 2.24) is 13.7 Å². The van der Waals surface area contributed by atoms with Gasteiger partial charge in [0, 0.05) is 47.5 Å². The molecule has 0 aliphatic rings. The van der Waals surface area contributed by atoms with Gasteiger partial charge in [-0.25, -0.2) is 28.1 Å². The Morgan fingerprint density at radius 2 is 0.917 bits per heavy atom. The predicted octanol–water partition coefficient (Wildman–Crippen LogP) is 4.07. The first-order valence-corrected chi connectivity index (χ1v) is 22.9. The summed E-state index contributed by atoms with van der Waals surface area (Å²) < 4.78 is 21.5. The van der Waals surface area contributed by atoms with Crippen molar-refractivity contribution in [2.45, 2.75) is 117 Å². The van der Waals surface area contributed by atoms with Crippen LogP contribution in [0.1, 0.15) is 40.0 Å². The van der Waals surface area contributed by atoms with E-state index in [1.165, 1.54) is 13.7 Å². The first-order chi connectivity index (χ1) is 16.7. The van der Waals surface area contributed by atoms with Gasteiger partial charge in [0.1, 0.15) is 0 Å². The summed E-state index contributed by atoms with van der Waals surface area (Å²) >= 11 is 0. The lowest BCUT2D eigenvalue weighted by molar-refractivity contribution is 0.187.